The zero-order chi connectivity index (χ0) is 18.0. The summed E-state index contributed by atoms with van der Waals surface area (Å²) in [6.07, 6.45) is 7.30. The average molecular weight is 329 g/mol. The van der Waals surface area contributed by atoms with Crippen molar-refractivity contribution < 1.29 is 5.11 Å². The van der Waals surface area contributed by atoms with Crippen LogP contribution >= 0.6 is 0 Å². The lowest BCUT2D eigenvalue weighted by molar-refractivity contribution is -0.0149. The summed E-state index contributed by atoms with van der Waals surface area (Å²) in [7, 11) is 0. The van der Waals surface area contributed by atoms with E-state index in [-0.39, 0.29) is 0 Å². The van der Waals surface area contributed by atoms with E-state index < -0.39 is 5.60 Å². The second-order valence-corrected chi connectivity index (χ2v) is 8.27. The molecular formula is C23H36O. The summed E-state index contributed by atoms with van der Waals surface area (Å²) in [5.74, 6) is 0.339. The van der Waals surface area contributed by atoms with Gasteiger partial charge in [-0.15, -0.1) is 0 Å². The first-order valence-corrected chi connectivity index (χ1v) is 9.81. The van der Waals surface area contributed by atoms with Crippen molar-refractivity contribution in [3.8, 4) is 0 Å². The highest BCUT2D eigenvalue weighted by atomic mass is 16.3. The van der Waals surface area contributed by atoms with Gasteiger partial charge in [-0.05, 0) is 69.3 Å². The lowest BCUT2D eigenvalue weighted by Crippen LogP contribution is -2.36. The van der Waals surface area contributed by atoms with Crippen molar-refractivity contribution in [3.05, 3.63) is 46.5 Å². The summed E-state index contributed by atoms with van der Waals surface area (Å²) in [6, 6.07) is 8.43. The molecule has 0 heterocycles. The summed E-state index contributed by atoms with van der Waals surface area (Å²) < 4.78 is 0. The lowest BCUT2D eigenvalue weighted by atomic mass is 9.62. The molecule has 134 valence electrons. The topological polar surface area (TPSA) is 20.2 Å². The van der Waals surface area contributed by atoms with Crippen LogP contribution in [0.25, 0.3) is 0 Å². The van der Waals surface area contributed by atoms with E-state index in [1.165, 1.54) is 31.2 Å². The standard InChI is InChI=1S/C21H30O.C2H6/c1-15-7-10-17(11-8-15)21(4,22)18-12-9-16-6-5-13-20(2,3)19(16)14-18;1-2/h7-8,10-11,18,22H,5-6,9,12-14H2,1-4H3;1-2H3. The summed E-state index contributed by atoms with van der Waals surface area (Å²) in [6.45, 7) is 12.9. The molecule has 2 atom stereocenters. The Labute approximate surface area is 149 Å². The summed E-state index contributed by atoms with van der Waals surface area (Å²) >= 11 is 0. The Morgan fingerprint density at radius 2 is 1.71 bits per heavy atom. The van der Waals surface area contributed by atoms with Crippen molar-refractivity contribution in [1.82, 2.24) is 0 Å². The molecule has 24 heavy (non-hydrogen) atoms. The van der Waals surface area contributed by atoms with Crippen LogP contribution in [-0.4, -0.2) is 5.11 Å². The number of benzene rings is 1. The van der Waals surface area contributed by atoms with E-state index in [0.29, 0.717) is 11.3 Å². The third kappa shape index (κ3) is 3.77. The van der Waals surface area contributed by atoms with Crippen LogP contribution in [-0.2, 0) is 5.60 Å². The van der Waals surface area contributed by atoms with Crippen LogP contribution in [0.2, 0.25) is 0 Å². The summed E-state index contributed by atoms with van der Waals surface area (Å²) in [4.78, 5) is 0. The summed E-state index contributed by atoms with van der Waals surface area (Å²) in [5, 5.41) is 11.2. The van der Waals surface area contributed by atoms with E-state index in [9.17, 15) is 5.11 Å². The van der Waals surface area contributed by atoms with Gasteiger partial charge in [0.2, 0.25) is 0 Å². The second kappa shape index (κ2) is 7.44. The number of hydrogen-bond donors (Lipinski definition) is 1. The normalized spacial score (nSPS) is 25.2. The van der Waals surface area contributed by atoms with Crippen molar-refractivity contribution in [2.24, 2.45) is 11.3 Å². The maximum atomic E-state index is 11.2. The Hall–Kier alpha value is -1.08. The largest absolute Gasteiger partial charge is 0.385 e. The molecule has 0 aliphatic heterocycles. The van der Waals surface area contributed by atoms with Crippen molar-refractivity contribution >= 4 is 0 Å². The number of hydrogen-bond acceptors (Lipinski definition) is 1. The van der Waals surface area contributed by atoms with Crippen molar-refractivity contribution in [2.75, 3.05) is 0 Å². The van der Waals surface area contributed by atoms with Gasteiger partial charge in [-0.1, -0.05) is 68.7 Å². The Bertz CT molecular complexity index is 575. The number of rotatable bonds is 2. The van der Waals surface area contributed by atoms with Crippen molar-refractivity contribution in [3.63, 3.8) is 0 Å². The minimum atomic E-state index is -0.722. The molecule has 1 heteroatoms. The van der Waals surface area contributed by atoms with Crippen molar-refractivity contribution in [2.45, 2.75) is 85.7 Å². The minimum Gasteiger partial charge on any atom is -0.385 e. The maximum absolute atomic E-state index is 11.2. The van der Waals surface area contributed by atoms with Gasteiger partial charge in [0, 0.05) is 0 Å². The fourth-order valence-electron chi connectivity index (χ4n) is 4.52. The monoisotopic (exact) mass is 328 g/mol. The molecule has 1 aromatic carbocycles. The summed E-state index contributed by atoms with van der Waals surface area (Å²) in [5.41, 5.74) is 5.28. The highest BCUT2D eigenvalue weighted by molar-refractivity contribution is 5.31. The first-order valence-electron chi connectivity index (χ1n) is 9.81. The molecular weight excluding hydrogens is 292 g/mol. The Morgan fingerprint density at radius 1 is 1.08 bits per heavy atom. The van der Waals surface area contributed by atoms with Crippen LogP contribution in [0.15, 0.2) is 35.4 Å². The SMILES string of the molecule is CC.Cc1ccc(C(C)(O)C2CCC3=C(C2)C(C)(C)CCC3)cc1. The maximum Gasteiger partial charge on any atom is 0.0899 e. The zero-order valence-electron chi connectivity index (χ0n) is 16.6. The van der Waals surface area contributed by atoms with Gasteiger partial charge in [0.15, 0.2) is 0 Å². The fourth-order valence-corrected chi connectivity index (χ4v) is 4.52. The van der Waals surface area contributed by atoms with Gasteiger partial charge < -0.3 is 5.11 Å². The molecule has 2 aliphatic carbocycles. The van der Waals surface area contributed by atoms with Gasteiger partial charge in [0.25, 0.3) is 0 Å². The molecule has 2 unspecified atom stereocenters. The van der Waals surface area contributed by atoms with E-state index in [1.54, 1.807) is 11.1 Å². The van der Waals surface area contributed by atoms with Gasteiger partial charge >= 0.3 is 0 Å². The van der Waals surface area contributed by atoms with Gasteiger partial charge in [0.1, 0.15) is 0 Å². The quantitative estimate of drug-likeness (QED) is 0.611. The molecule has 1 N–H and O–H groups in total. The minimum absolute atomic E-state index is 0.329. The van der Waals surface area contributed by atoms with E-state index in [0.717, 1.165) is 18.4 Å². The number of allylic oxidation sites excluding steroid dienone is 2. The third-order valence-electron chi connectivity index (χ3n) is 6.20. The fraction of sp³-hybridized carbons (Fsp3) is 0.652. The molecule has 0 bridgehead atoms. The first kappa shape index (κ1) is 19.2. The molecule has 0 fully saturated rings. The Kier molecular flexibility index (Phi) is 5.96. The van der Waals surface area contributed by atoms with Gasteiger partial charge in [-0.25, -0.2) is 0 Å². The van der Waals surface area contributed by atoms with E-state index in [1.807, 2.05) is 20.8 Å². The highest BCUT2D eigenvalue weighted by Crippen LogP contribution is 2.51. The van der Waals surface area contributed by atoms with Gasteiger partial charge in [-0.3, -0.25) is 0 Å². The molecule has 3 rings (SSSR count). The van der Waals surface area contributed by atoms with Crippen LogP contribution in [0.3, 0.4) is 0 Å². The smallest absolute Gasteiger partial charge is 0.0899 e. The predicted molar refractivity (Wildman–Crippen MR) is 104 cm³/mol. The molecule has 0 saturated heterocycles. The molecule has 0 spiro atoms. The second-order valence-electron chi connectivity index (χ2n) is 8.27. The lowest BCUT2D eigenvalue weighted by Gasteiger charge is -2.44. The first-order chi connectivity index (χ1) is 11.3. The van der Waals surface area contributed by atoms with Crippen LogP contribution in [0.1, 0.15) is 84.3 Å². The predicted octanol–water partition coefficient (Wildman–Crippen LogP) is 6.54. The third-order valence-corrected chi connectivity index (χ3v) is 6.20. The molecule has 1 aromatic rings. The molecule has 0 amide bonds. The van der Waals surface area contributed by atoms with Gasteiger partial charge in [0.05, 0.1) is 5.60 Å². The molecule has 2 aliphatic rings. The van der Waals surface area contributed by atoms with Crippen LogP contribution in [0.5, 0.6) is 0 Å². The number of aliphatic hydroxyl groups is 1. The molecule has 0 aromatic heterocycles. The zero-order valence-corrected chi connectivity index (χ0v) is 16.6. The Morgan fingerprint density at radius 3 is 2.33 bits per heavy atom. The molecule has 0 radical (unpaired) electrons. The van der Waals surface area contributed by atoms with E-state index in [2.05, 4.69) is 45.0 Å². The number of aryl methyl sites for hydroxylation is 1. The van der Waals surface area contributed by atoms with E-state index >= 15 is 0 Å². The highest BCUT2D eigenvalue weighted by Gasteiger charge is 2.40. The molecule has 0 saturated carbocycles. The van der Waals surface area contributed by atoms with Gasteiger partial charge in [-0.2, -0.15) is 0 Å². The Balaban J connectivity index is 0.00000100. The average Bonchev–Trinajstić information content (AvgIpc) is 2.56. The molecule has 1 nitrogen and oxygen atoms in total. The van der Waals surface area contributed by atoms with E-state index in [4.69, 9.17) is 0 Å². The van der Waals surface area contributed by atoms with Crippen LogP contribution in [0, 0.1) is 18.3 Å². The van der Waals surface area contributed by atoms with Crippen LogP contribution in [0.4, 0.5) is 0 Å². The van der Waals surface area contributed by atoms with Crippen LogP contribution < -0.4 is 0 Å². The van der Waals surface area contributed by atoms with Crippen molar-refractivity contribution in [1.29, 1.82) is 0 Å².